The average molecular weight is 199 g/mol. The molecule has 0 saturated carbocycles. The minimum absolute atomic E-state index is 0.481. The van der Waals surface area contributed by atoms with Crippen molar-refractivity contribution in [3.8, 4) is 11.3 Å². The topological polar surface area (TPSA) is 54.7 Å². The molecule has 1 aromatic heterocycles. The highest BCUT2D eigenvalue weighted by Crippen LogP contribution is 2.31. The number of H-pyrrole nitrogens is 1. The van der Waals surface area contributed by atoms with Gasteiger partial charge in [0.1, 0.15) is 5.82 Å². The van der Waals surface area contributed by atoms with Crippen LogP contribution in [0.2, 0.25) is 0 Å². The number of nitrogens with one attached hydrogen (secondary N) is 1. The number of fused-ring (bicyclic) bond motifs is 3. The Morgan fingerprint density at radius 1 is 1.27 bits per heavy atom. The lowest BCUT2D eigenvalue weighted by atomic mass is 9.93. The minimum atomic E-state index is 0.481. The first-order valence-electron chi connectivity index (χ1n) is 5.24. The molecule has 1 aromatic carbocycles. The van der Waals surface area contributed by atoms with Crippen LogP contribution in [0.4, 0.5) is 0 Å². The van der Waals surface area contributed by atoms with E-state index in [-0.39, 0.29) is 0 Å². The fourth-order valence-corrected chi connectivity index (χ4v) is 2.19. The number of aromatic nitrogens is 2. The van der Waals surface area contributed by atoms with Gasteiger partial charge in [-0.15, -0.1) is 0 Å². The van der Waals surface area contributed by atoms with Crippen LogP contribution in [0.1, 0.15) is 17.1 Å². The van der Waals surface area contributed by atoms with Crippen LogP contribution in [0.25, 0.3) is 11.3 Å². The molecule has 1 aliphatic carbocycles. The summed E-state index contributed by atoms with van der Waals surface area (Å²) in [6, 6.07) is 8.45. The first kappa shape index (κ1) is 8.68. The molecule has 0 atom stereocenters. The number of aromatic amines is 1. The molecule has 3 N–H and O–H groups in total. The smallest absolute Gasteiger partial charge is 0.120 e. The van der Waals surface area contributed by atoms with E-state index < -0.39 is 0 Å². The molecule has 3 heteroatoms. The zero-order valence-electron chi connectivity index (χ0n) is 8.46. The van der Waals surface area contributed by atoms with Gasteiger partial charge in [-0.3, -0.25) is 0 Å². The molecule has 3 nitrogen and oxygen atoms in total. The molecule has 0 fully saturated rings. The van der Waals surface area contributed by atoms with E-state index in [2.05, 4.69) is 34.2 Å². The van der Waals surface area contributed by atoms with E-state index in [1.807, 2.05) is 0 Å². The third kappa shape index (κ3) is 1.27. The van der Waals surface area contributed by atoms with E-state index in [1.165, 1.54) is 16.8 Å². The van der Waals surface area contributed by atoms with Gasteiger partial charge in [-0.2, -0.15) is 0 Å². The number of aryl methyl sites for hydroxylation is 2. The molecule has 0 unspecified atom stereocenters. The summed E-state index contributed by atoms with van der Waals surface area (Å²) in [6.07, 6.45) is 2.13. The van der Waals surface area contributed by atoms with Crippen LogP contribution in [0.15, 0.2) is 24.3 Å². The number of rotatable bonds is 1. The highest BCUT2D eigenvalue weighted by molar-refractivity contribution is 5.68. The van der Waals surface area contributed by atoms with Crippen molar-refractivity contribution in [1.82, 2.24) is 9.97 Å². The van der Waals surface area contributed by atoms with Crippen LogP contribution in [0, 0.1) is 0 Å². The van der Waals surface area contributed by atoms with Crippen LogP contribution in [-0.4, -0.2) is 9.97 Å². The van der Waals surface area contributed by atoms with Crippen molar-refractivity contribution in [3.05, 3.63) is 41.3 Å². The van der Waals surface area contributed by atoms with Crippen molar-refractivity contribution < 1.29 is 0 Å². The zero-order chi connectivity index (χ0) is 10.3. The Hall–Kier alpha value is -1.61. The Kier molecular flexibility index (Phi) is 1.86. The molecule has 0 aliphatic heterocycles. The Bertz CT molecular complexity index is 499. The molecule has 1 aliphatic rings. The van der Waals surface area contributed by atoms with Crippen LogP contribution in [0.5, 0.6) is 0 Å². The summed E-state index contributed by atoms with van der Waals surface area (Å²) >= 11 is 0. The van der Waals surface area contributed by atoms with Gasteiger partial charge in [0, 0.05) is 11.3 Å². The molecule has 0 spiro atoms. The first-order valence-corrected chi connectivity index (χ1v) is 5.24. The quantitative estimate of drug-likeness (QED) is 0.733. The third-order valence-corrected chi connectivity index (χ3v) is 2.94. The van der Waals surface area contributed by atoms with Gasteiger partial charge in [-0.1, -0.05) is 24.3 Å². The summed E-state index contributed by atoms with van der Waals surface area (Å²) in [5.41, 5.74) is 10.6. The maximum absolute atomic E-state index is 5.59. The largest absolute Gasteiger partial charge is 0.344 e. The van der Waals surface area contributed by atoms with Crippen molar-refractivity contribution in [2.45, 2.75) is 19.4 Å². The second-order valence-corrected chi connectivity index (χ2v) is 3.87. The molecule has 3 rings (SSSR count). The van der Waals surface area contributed by atoms with Gasteiger partial charge < -0.3 is 10.7 Å². The van der Waals surface area contributed by atoms with Crippen LogP contribution < -0.4 is 5.73 Å². The number of imidazole rings is 1. The van der Waals surface area contributed by atoms with Crippen molar-refractivity contribution in [2.75, 3.05) is 0 Å². The van der Waals surface area contributed by atoms with Gasteiger partial charge in [-0.25, -0.2) is 4.98 Å². The van der Waals surface area contributed by atoms with Crippen molar-refractivity contribution in [2.24, 2.45) is 5.73 Å². The van der Waals surface area contributed by atoms with E-state index in [0.29, 0.717) is 6.54 Å². The number of benzene rings is 1. The zero-order valence-corrected chi connectivity index (χ0v) is 8.46. The maximum atomic E-state index is 5.59. The second-order valence-electron chi connectivity index (χ2n) is 3.87. The molecule has 0 saturated heterocycles. The summed E-state index contributed by atoms with van der Waals surface area (Å²) in [7, 11) is 0. The predicted octanol–water partition coefficient (Wildman–Crippen LogP) is 1.63. The van der Waals surface area contributed by atoms with Gasteiger partial charge in [-0.05, 0) is 18.4 Å². The lowest BCUT2D eigenvalue weighted by Gasteiger charge is -2.14. The Balaban J connectivity index is 2.20. The summed E-state index contributed by atoms with van der Waals surface area (Å²) < 4.78 is 0. The van der Waals surface area contributed by atoms with Crippen molar-refractivity contribution in [1.29, 1.82) is 0 Å². The standard InChI is InChI=1S/C12H13N3/c13-7-11-14-10-6-5-8-3-1-2-4-9(8)12(10)15-11/h1-4H,5-7,13H2,(H,14,15). The fraction of sp³-hybridized carbons (Fsp3) is 0.250. The molecule has 1 heterocycles. The summed E-state index contributed by atoms with van der Waals surface area (Å²) in [5.74, 6) is 0.886. The first-order chi connectivity index (χ1) is 7.38. The Morgan fingerprint density at radius 2 is 2.13 bits per heavy atom. The molecule has 0 amide bonds. The van der Waals surface area contributed by atoms with E-state index in [9.17, 15) is 0 Å². The van der Waals surface area contributed by atoms with Crippen LogP contribution in [-0.2, 0) is 19.4 Å². The molecule has 0 radical (unpaired) electrons. The highest BCUT2D eigenvalue weighted by Gasteiger charge is 2.18. The molecule has 15 heavy (non-hydrogen) atoms. The van der Waals surface area contributed by atoms with Gasteiger partial charge in [0.05, 0.1) is 12.2 Å². The second kappa shape index (κ2) is 3.21. The monoisotopic (exact) mass is 199 g/mol. The minimum Gasteiger partial charge on any atom is -0.344 e. The van der Waals surface area contributed by atoms with E-state index in [4.69, 9.17) is 5.73 Å². The lowest BCUT2D eigenvalue weighted by molar-refractivity contribution is 0.888. The molecule has 0 bridgehead atoms. The van der Waals surface area contributed by atoms with Gasteiger partial charge in [0.2, 0.25) is 0 Å². The number of hydrogen-bond donors (Lipinski definition) is 2. The van der Waals surface area contributed by atoms with Gasteiger partial charge in [0.15, 0.2) is 0 Å². The van der Waals surface area contributed by atoms with Crippen LogP contribution >= 0.6 is 0 Å². The summed E-state index contributed by atoms with van der Waals surface area (Å²) in [6.45, 7) is 0.481. The Morgan fingerprint density at radius 3 is 3.00 bits per heavy atom. The van der Waals surface area contributed by atoms with E-state index >= 15 is 0 Å². The normalized spacial score (nSPS) is 13.4. The van der Waals surface area contributed by atoms with Crippen LogP contribution in [0.3, 0.4) is 0 Å². The fourth-order valence-electron chi connectivity index (χ4n) is 2.19. The highest BCUT2D eigenvalue weighted by atomic mass is 15.0. The van der Waals surface area contributed by atoms with Gasteiger partial charge >= 0.3 is 0 Å². The van der Waals surface area contributed by atoms with E-state index in [0.717, 1.165) is 24.4 Å². The summed E-state index contributed by atoms with van der Waals surface area (Å²) in [4.78, 5) is 7.82. The number of nitrogens with two attached hydrogens (primary N) is 1. The predicted molar refractivity (Wildman–Crippen MR) is 59.3 cm³/mol. The van der Waals surface area contributed by atoms with E-state index in [1.54, 1.807) is 0 Å². The third-order valence-electron chi connectivity index (χ3n) is 2.94. The molecular weight excluding hydrogens is 186 g/mol. The molecular formula is C12H13N3. The van der Waals surface area contributed by atoms with Crippen molar-refractivity contribution in [3.63, 3.8) is 0 Å². The molecule has 2 aromatic rings. The van der Waals surface area contributed by atoms with Gasteiger partial charge in [0.25, 0.3) is 0 Å². The maximum Gasteiger partial charge on any atom is 0.120 e. The number of hydrogen-bond acceptors (Lipinski definition) is 2. The summed E-state index contributed by atoms with van der Waals surface area (Å²) in [5, 5.41) is 0. The SMILES string of the molecule is NCc1nc2c([nH]1)CCc1ccccc1-2. The Labute approximate surface area is 88.3 Å². The lowest BCUT2D eigenvalue weighted by Crippen LogP contribution is -2.02. The number of nitrogens with zero attached hydrogens (tertiary/aromatic N) is 1. The average Bonchev–Trinajstić information content (AvgIpc) is 2.72. The van der Waals surface area contributed by atoms with Crippen molar-refractivity contribution >= 4 is 0 Å². The molecule has 76 valence electrons.